The van der Waals surface area contributed by atoms with E-state index in [1.165, 1.54) is 38.5 Å². The minimum Gasteiger partial charge on any atom is -0.490 e. The van der Waals surface area contributed by atoms with Crippen LogP contribution in [0, 0.1) is 22.7 Å². The second-order valence-corrected chi connectivity index (χ2v) is 13.8. The number of carboxylic acids is 1. The number of carboxylic acid groups (broad SMARTS) is 1. The van der Waals surface area contributed by atoms with Crippen molar-refractivity contribution in [2.45, 2.75) is 111 Å². The first-order valence-electron chi connectivity index (χ1n) is 14.5. The van der Waals surface area contributed by atoms with Crippen LogP contribution in [0.1, 0.15) is 109 Å². The van der Waals surface area contributed by atoms with Crippen molar-refractivity contribution in [3.05, 3.63) is 35.7 Å². The third kappa shape index (κ3) is 6.86. The van der Waals surface area contributed by atoms with Gasteiger partial charge in [-0.25, -0.2) is 9.78 Å². The maximum absolute atomic E-state index is 13.2. The molecular formula is C32H46N2O4. The van der Waals surface area contributed by atoms with Crippen molar-refractivity contribution in [2.75, 3.05) is 0 Å². The van der Waals surface area contributed by atoms with Crippen LogP contribution in [0.15, 0.2) is 24.3 Å². The first-order chi connectivity index (χ1) is 17.8. The van der Waals surface area contributed by atoms with Crippen LogP contribution in [0.2, 0.25) is 0 Å². The van der Waals surface area contributed by atoms with Crippen molar-refractivity contribution in [3.63, 3.8) is 0 Å². The van der Waals surface area contributed by atoms with E-state index in [0.29, 0.717) is 11.3 Å². The van der Waals surface area contributed by atoms with E-state index in [4.69, 9.17) is 9.72 Å². The molecule has 0 radical (unpaired) electrons. The van der Waals surface area contributed by atoms with Gasteiger partial charge in [0.25, 0.3) is 5.91 Å². The lowest BCUT2D eigenvalue weighted by atomic mass is 9.72. The van der Waals surface area contributed by atoms with E-state index >= 15 is 0 Å². The maximum Gasteiger partial charge on any atom is 0.326 e. The number of nitrogens with zero attached hydrogens (tertiary/aromatic N) is 1. The Morgan fingerprint density at radius 1 is 1.00 bits per heavy atom. The molecule has 0 bridgehead atoms. The third-order valence-electron chi connectivity index (χ3n) is 8.66. The first-order valence-corrected chi connectivity index (χ1v) is 14.5. The van der Waals surface area contributed by atoms with Gasteiger partial charge in [-0.1, -0.05) is 73.3 Å². The van der Waals surface area contributed by atoms with Gasteiger partial charge in [0.1, 0.15) is 17.5 Å². The monoisotopic (exact) mass is 522 g/mol. The quantitative estimate of drug-likeness (QED) is 0.402. The number of fused-ring (bicyclic) bond motifs is 1. The largest absolute Gasteiger partial charge is 0.490 e. The number of ether oxygens (including phenoxy) is 1. The molecule has 0 unspecified atom stereocenters. The number of hydrogen-bond acceptors (Lipinski definition) is 4. The van der Waals surface area contributed by atoms with Gasteiger partial charge in [0.2, 0.25) is 0 Å². The van der Waals surface area contributed by atoms with Gasteiger partial charge in [0.15, 0.2) is 0 Å². The summed E-state index contributed by atoms with van der Waals surface area (Å²) in [6.45, 7) is 12.4. The summed E-state index contributed by atoms with van der Waals surface area (Å²) in [5.74, 6) is 0.670. The van der Waals surface area contributed by atoms with Gasteiger partial charge in [-0.05, 0) is 78.4 Å². The number of rotatable bonds is 7. The molecule has 6 heteroatoms. The number of aliphatic carboxylic acids is 1. The fourth-order valence-corrected chi connectivity index (χ4v) is 6.22. The summed E-state index contributed by atoms with van der Waals surface area (Å²) in [7, 11) is 0. The van der Waals surface area contributed by atoms with Crippen LogP contribution in [0.4, 0.5) is 0 Å². The fourth-order valence-electron chi connectivity index (χ4n) is 6.22. The molecule has 1 atom stereocenters. The summed E-state index contributed by atoms with van der Waals surface area (Å²) < 4.78 is 6.47. The number of hydrogen-bond donors (Lipinski definition) is 2. The molecule has 208 valence electrons. The lowest BCUT2D eigenvalue weighted by Crippen LogP contribution is -2.49. The molecule has 4 rings (SSSR count). The Morgan fingerprint density at radius 3 is 2.24 bits per heavy atom. The number of carbonyl (C=O) groups excluding carboxylic acids is 1. The molecule has 1 aromatic heterocycles. The zero-order valence-corrected chi connectivity index (χ0v) is 24.1. The van der Waals surface area contributed by atoms with Gasteiger partial charge in [-0.15, -0.1) is 0 Å². The predicted molar refractivity (Wildman–Crippen MR) is 152 cm³/mol. The van der Waals surface area contributed by atoms with Gasteiger partial charge < -0.3 is 15.2 Å². The van der Waals surface area contributed by atoms with E-state index in [1.54, 1.807) is 6.07 Å². The maximum atomic E-state index is 13.2. The normalized spacial score (nSPS) is 21.8. The average molecular weight is 523 g/mol. The van der Waals surface area contributed by atoms with Gasteiger partial charge in [0, 0.05) is 11.1 Å². The molecular weight excluding hydrogens is 476 g/mol. The highest BCUT2D eigenvalue weighted by molar-refractivity contribution is 5.99. The summed E-state index contributed by atoms with van der Waals surface area (Å²) in [5, 5.41) is 14.4. The lowest BCUT2D eigenvalue weighted by Gasteiger charge is -2.37. The Balaban J connectivity index is 1.59. The van der Waals surface area contributed by atoms with Gasteiger partial charge >= 0.3 is 5.97 Å². The van der Waals surface area contributed by atoms with Crippen molar-refractivity contribution in [1.82, 2.24) is 10.3 Å². The number of carbonyl (C=O) groups is 2. The number of pyridine rings is 1. The Kier molecular flexibility index (Phi) is 8.39. The molecule has 2 saturated carbocycles. The van der Waals surface area contributed by atoms with E-state index in [-0.39, 0.29) is 11.8 Å². The zero-order chi connectivity index (χ0) is 27.7. The van der Waals surface area contributed by atoms with E-state index < -0.39 is 23.3 Å². The summed E-state index contributed by atoms with van der Waals surface area (Å²) in [4.78, 5) is 29.9. The van der Waals surface area contributed by atoms with Crippen molar-refractivity contribution in [2.24, 2.45) is 22.7 Å². The smallest absolute Gasteiger partial charge is 0.326 e. The fraction of sp³-hybridized carbons (Fsp3) is 0.656. The Bertz CT molecular complexity index is 1150. The summed E-state index contributed by atoms with van der Waals surface area (Å²) >= 11 is 0. The number of amides is 1. The Hall–Kier alpha value is -2.63. The molecule has 0 aliphatic heterocycles. The van der Waals surface area contributed by atoms with Gasteiger partial charge in [-0.3, -0.25) is 4.79 Å². The van der Waals surface area contributed by atoms with E-state index in [9.17, 15) is 14.7 Å². The molecule has 6 nitrogen and oxygen atoms in total. The summed E-state index contributed by atoms with van der Waals surface area (Å²) in [6, 6.07) is 6.88. The molecule has 1 heterocycles. The van der Waals surface area contributed by atoms with Crippen LogP contribution in [0.5, 0.6) is 5.75 Å². The van der Waals surface area contributed by atoms with Crippen LogP contribution in [0.3, 0.4) is 0 Å². The molecule has 2 aromatic rings. The second-order valence-electron chi connectivity index (χ2n) is 13.8. The summed E-state index contributed by atoms with van der Waals surface area (Å²) in [6.07, 6.45) is 10.4. The molecule has 0 spiro atoms. The summed E-state index contributed by atoms with van der Waals surface area (Å²) in [5.41, 5.74) is 0.901. The molecule has 0 saturated heterocycles. The minimum absolute atomic E-state index is 0.229. The topological polar surface area (TPSA) is 88.5 Å². The molecule has 2 fully saturated rings. The number of benzene rings is 1. The van der Waals surface area contributed by atoms with Crippen LogP contribution in [-0.2, 0) is 11.2 Å². The highest BCUT2D eigenvalue weighted by Crippen LogP contribution is 2.39. The van der Waals surface area contributed by atoms with Gasteiger partial charge in [-0.2, -0.15) is 0 Å². The Morgan fingerprint density at radius 2 is 1.66 bits per heavy atom. The standard InChI is InChI=1S/C32H46N2O4/c1-31(2,3)22-12-15-23(16-13-22)38-24-14-11-21-18-27(29(35)34-28(30(36)37)32(4,5)6)33-26(25(21)19-24)17-20-9-7-8-10-20/h11,14,18-20,22-23,28H,7-10,12-13,15-17H2,1-6H3,(H,34,35)(H,36,37)/t22-,23+,28-/m1/s1. The first kappa shape index (κ1) is 28.4. The SMILES string of the molecule is CC(C)(C)[C@H](NC(=O)c1cc2ccc(O[C@H]3CC[C@@H](C(C)(C)C)CC3)cc2c(CC2CCCC2)n1)C(=O)O. The average Bonchev–Trinajstić information content (AvgIpc) is 3.34. The number of aromatic nitrogens is 1. The lowest BCUT2D eigenvalue weighted by molar-refractivity contribution is -0.142. The zero-order valence-electron chi connectivity index (χ0n) is 24.1. The minimum atomic E-state index is -1.05. The van der Waals surface area contributed by atoms with E-state index in [1.807, 2.05) is 32.9 Å². The highest BCUT2D eigenvalue weighted by Gasteiger charge is 2.34. The van der Waals surface area contributed by atoms with Crippen LogP contribution in [0.25, 0.3) is 10.8 Å². The molecule has 38 heavy (non-hydrogen) atoms. The van der Waals surface area contributed by atoms with Crippen LogP contribution < -0.4 is 10.1 Å². The molecule has 2 N–H and O–H groups in total. The predicted octanol–water partition coefficient (Wildman–Crippen LogP) is 7.18. The molecule has 2 aliphatic carbocycles. The van der Waals surface area contributed by atoms with Crippen molar-refractivity contribution in [3.8, 4) is 5.75 Å². The van der Waals surface area contributed by atoms with Gasteiger partial charge in [0.05, 0.1) is 6.10 Å². The van der Waals surface area contributed by atoms with Crippen molar-refractivity contribution in [1.29, 1.82) is 0 Å². The highest BCUT2D eigenvalue weighted by atomic mass is 16.5. The van der Waals surface area contributed by atoms with Crippen molar-refractivity contribution < 1.29 is 19.4 Å². The Labute approximate surface area is 227 Å². The second kappa shape index (κ2) is 11.2. The number of nitrogens with one attached hydrogen (secondary N) is 1. The van der Waals surface area contributed by atoms with E-state index in [0.717, 1.165) is 47.4 Å². The van der Waals surface area contributed by atoms with Crippen LogP contribution >= 0.6 is 0 Å². The molecule has 2 aliphatic rings. The van der Waals surface area contributed by atoms with E-state index in [2.05, 4.69) is 32.2 Å². The molecule has 1 amide bonds. The van der Waals surface area contributed by atoms with Crippen molar-refractivity contribution >= 4 is 22.6 Å². The third-order valence-corrected chi connectivity index (χ3v) is 8.66. The van der Waals surface area contributed by atoms with Crippen LogP contribution in [-0.4, -0.2) is 34.1 Å². The molecule has 1 aromatic carbocycles.